The molecule has 4 aromatic rings. The van der Waals surface area contributed by atoms with E-state index in [9.17, 15) is 16.8 Å². The Bertz CT molecular complexity index is 1640. The summed E-state index contributed by atoms with van der Waals surface area (Å²) in [6.45, 7) is 0.616. The number of fused-ring (bicyclic) bond motifs is 1. The Morgan fingerprint density at radius 3 is 2.42 bits per heavy atom. The first-order chi connectivity index (χ1) is 17.0. The van der Waals surface area contributed by atoms with Crippen molar-refractivity contribution in [2.75, 3.05) is 31.7 Å². The normalized spacial score (nSPS) is 12.3. The Labute approximate surface area is 216 Å². The van der Waals surface area contributed by atoms with E-state index in [4.69, 9.17) is 16.6 Å². The van der Waals surface area contributed by atoms with Gasteiger partial charge in [0.15, 0.2) is 15.5 Å². The molecule has 4 rings (SSSR count). The van der Waals surface area contributed by atoms with Crippen molar-refractivity contribution in [2.45, 2.75) is 16.2 Å². The number of halogens is 1. The molecule has 0 aliphatic rings. The first kappa shape index (κ1) is 26.1. The van der Waals surface area contributed by atoms with Gasteiger partial charge in [-0.25, -0.2) is 26.1 Å². The van der Waals surface area contributed by atoms with E-state index in [1.807, 2.05) is 32.1 Å². The minimum atomic E-state index is -3.99. The van der Waals surface area contributed by atoms with E-state index in [2.05, 4.69) is 10.4 Å². The number of nitrogens with one attached hydrogen (secondary N) is 1. The van der Waals surface area contributed by atoms with Crippen LogP contribution in [-0.2, 0) is 19.9 Å². The molecule has 9 nitrogen and oxygen atoms in total. The second-order valence-corrected chi connectivity index (χ2v) is 12.8. The molecule has 0 amide bonds. The number of nitrogens with zero attached hydrogens (tertiary/aromatic N) is 4. The molecule has 188 valence electrons. The van der Waals surface area contributed by atoms with Gasteiger partial charge in [0.2, 0.25) is 10.0 Å². The van der Waals surface area contributed by atoms with E-state index in [0.717, 1.165) is 21.6 Å². The van der Waals surface area contributed by atoms with Crippen molar-refractivity contribution >= 4 is 56.2 Å². The molecule has 0 bridgehead atoms. The molecular weight excluding hydrogens is 521 g/mol. The second-order valence-electron chi connectivity index (χ2n) is 8.40. The Kier molecular flexibility index (Phi) is 7.42. The highest BCUT2D eigenvalue weighted by Crippen LogP contribution is 2.28. The summed E-state index contributed by atoms with van der Waals surface area (Å²) in [5, 5.41) is 8.29. The van der Waals surface area contributed by atoms with Crippen LogP contribution in [0.25, 0.3) is 16.9 Å². The van der Waals surface area contributed by atoms with E-state index < -0.39 is 19.9 Å². The molecule has 13 heteroatoms. The van der Waals surface area contributed by atoms with E-state index in [1.165, 1.54) is 31.3 Å². The molecule has 2 heterocycles. The maximum atomic E-state index is 13.1. The largest absolute Gasteiger partial charge is 0.370 e. The van der Waals surface area contributed by atoms with Crippen LogP contribution in [0.4, 0.5) is 5.82 Å². The Morgan fingerprint density at radius 2 is 1.72 bits per heavy atom. The number of rotatable bonds is 9. The highest BCUT2D eigenvalue weighted by molar-refractivity contribution is 7.93. The number of hydrogen-bond acceptors (Lipinski definition) is 7. The fourth-order valence-electron chi connectivity index (χ4n) is 3.78. The molecule has 0 saturated carbocycles. The molecule has 2 aromatic carbocycles. The van der Waals surface area contributed by atoms with Gasteiger partial charge in [-0.05, 0) is 30.1 Å². The van der Waals surface area contributed by atoms with Crippen molar-refractivity contribution in [3.8, 4) is 11.3 Å². The average Bonchev–Trinajstić information content (AvgIpc) is 3.22. The minimum Gasteiger partial charge on any atom is -0.370 e. The van der Waals surface area contributed by atoms with Gasteiger partial charge in [-0.2, -0.15) is 9.61 Å². The fourth-order valence-corrected chi connectivity index (χ4v) is 6.82. The van der Waals surface area contributed by atoms with Gasteiger partial charge >= 0.3 is 0 Å². The third kappa shape index (κ3) is 5.26. The van der Waals surface area contributed by atoms with Crippen molar-refractivity contribution in [2.24, 2.45) is 0 Å². The summed E-state index contributed by atoms with van der Waals surface area (Å²) in [5.74, 6) is 0.691. The van der Waals surface area contributed by atoms with Crippen molar-refractivity contribution in [3.63, 3.8) is 0 Å². The van der Waals surface area contributed by atoms with Gasteiger partial charge < -0.3 is 5.32 Å². The molecule has 0 aliphatic carbocycles. The summed E-state index contributed by atoms with van der Waals surface area (Å²) in [6, 6.07) is 14.9. The SMILES string of the molecule is Bc1cnn2c(NCCCN(C)S(=O)(=O)c3ccccc3S(C)(=O)=O)cc(-c3ccccc3Cl)nc12. The molecular formula is C23H25BClN5O4S2. The molecule has 0 saturated heterocycles. The third-order valence-electron chi connectivity index (χ3n) is 5.69. The lowest BCUT2D eigenvalue weighted by Crippen LogP contribution is -2.30. The molecule has 0 fully saturated rings. The monoisotopic (exact) mass is 545 g/mol. The topological polar surface area (TPSA) is 114 Å². The zero-order valence-corrected chi connectivity index (χ0v) is 22.4. The average molecular weight is 546 g/mol. The lowest BCUT2D eigenvalue weighted by atomic mass is 10.0. The number of aromatic nitrogens is 3. The van der Waals surface area contributed by atoms with Gasteiger partial charge in [0, 0.05) is 49.2 Å². The van der Waals surface area contributed by atoms with Gasteiger partial charge in [0.25, 0.3) is 0 Å². The second kappa shape index (κ2) is 10.2. The van der Waals surface area contributed by atoms with Gasteiger partial charge in [-0.1, -0.05) is 41.9 Å². The van der Waals surface area contributed by atoms with Crippen molar-refractivity contribution in [1.82, 2.24) is 18.9 Å². The number of benzene rings is 2. The van der Waals surface area contributed by atoms with Crippen molar-refractivity contribution in [1.29, 1.82) is 0 Å². The predicted molar refractivity (Wildman–Crippen MR) is 144 cm³/mol. The standard InChI is InChI=1S/C23H25BClN5O4S2/c1-29(36(33,34)21-11-6-5-10-20(21)35(2,31)32)13-7-12-26-22-14-19(16-8-3-4-9-18(16)25)28-23-17(24)15-27-30(22)23/h3-6,8-11,14-15,26H,7,12-13,24H2,1-2H3. The van der Waals surface area contributed by atoms with Crippen LogP contribution in [0.5, 0.6) is 0 Å². The molecule has 0 spiro atoms. The number of hydrogen-bond donors (Lipinski definition) is 1. The predicted octanol–water partition coefficient (Wildman–Crippen LogP) is 1.83. The molecule has 36 heavy (non-hydrogen) atoms. The first-order valence-electron chi connectivity index (χ1n) is 11.1. The molecule has 2 aromatic heterocycles. The van der Waals surface area contributed by atoms with Crippen LogP contribution >= 0.6 is 11.6 Å². The smallest absolute Gasteiger partial charge is 0.244 e. The molecule has 0 aliphatic heterocycles. The van der Waals surface area contributed by atoms with Crippen LogP contribution in [0, 0.1) is 0 Å². The Morgan fingerprint density at radius 1 is 1.06 bits per heavy atom. The summed E-state index contributed by atoms with van der Waals surface area (Å²) in [4.78, 5) is 4.28. The highest BCUT2D eigenvalue weighted by atomic mass is 35.5. The molecule has 0 atom stereocenters. The summed E-state index contributed by atoms with van der Waals surface area (Å²) < 4.78 is 53.2. The quantitative estimate of drug-likeness (QED) is 0.252. The maximum absolute atomic E-state index is 13.1. The van der Waals surface area contributed by atoms with Crippen molar-refractivity contribution in [3.05, 3.63) is 65.8 Å². The zero-order valence-electron chi connectivity index (χ0n) is 20.0. The zero-order chi connectivity index (χ0) is 26.1. The van der Waals surface area contributed by atoms with Gasteiger partial charge in [-0.3, -0.25) is 0 Å². The third-order valence-corrected chi connectivity index (χ3v) is 9.22. The molecule has 0 unspecified atom stereocenters. The van der Waals surface area contributed by atoms with Crippen LogP contribution < -0.4 is 10.8 Å². The molecule has 1 N–H and O–H groups in total. The van der Waals surface area contributed by atoms with Crippen LogP contribution in [0.2, 0.25) is 5.02 Å². The summed E-state index contributed by atoms with van der Waals surface area (Å²) in [6.07, 6.45) is 3.18. The summed E-state index contributed by atoms with van der Waals surface area (Å²) >= 11 is 6.39. The van der Waals surface area contributed by atoms with Crippen molar-refractivity contribution < 1.29 is 16.8 Å². The highest BCUT2D eigenvalue weighted by Gasteiger charge is 2.27. The number of anilines is 1. The maximum Gasteiger partial charge on any atom is 0.244 e. The van der Waals surface area contributed by atoms with E-state index >= 15 is 0 Å². The lowest BCUT2D eigenvalue weighted by Gasteiger charge is -2.19. The molecule has 0 radical (unpaired) electrons. The van der Waals surface area contributed by atoms with E-state index in [0.29, 0.717) is 35.1 Å². The van der Waals surface area contributed by atoms with Crippen LogP contribution in [0.15, 0.2) is 70.6 Å². The van der Waals surface area contributed by atoms with Crippen LogP contribution in [0.3, 0.4) is 0 Å². The Balaban J connectivity index is 1.51. The van der Waals surface area contributed by atoms with E-state index in [-0.39, 0.29) is 16.3 Å². The first-order valence-corrected chi connectivity index (χ1v) is 14.8. The Hall–Kier alpha value is -2.93. The van der Waals surface area contributed by atoms with E-state index in [1.54, 1.807) is 16.8 Å². The van der Waals surface area contributed by atoms with Gasteiger partial charge in [-0.15, -0.1) is 0 Å². The summed E-state index contributed by atoms with van der Waals surface area (Å²) in [5.41, 5.74) is 3.08. The van der Waals surface area contributed by atoms with Gasteiger partial charge in [0.1, 0.15) is 18.6 Å². The number of sulfonamides is 1. The van der Waals surface area contributed by atoms with Crippen LogP contribution in [0.1, 0.15) is 6.42 Å². The fraction of sp³-hybridized carbons (Fsp3) is 0.217. The lowest BCUT2D eigenvalue weighted by molar-refractivity contribution is 0.463. The number of sulfone groups is 1. The summed E-state index contributed by atoms with van der Waals surface area (Å²) in [7, 11) is -4.34. The minimum absolute atomic E-state index is 0.178. The van der Waals surface area contributed by atoms with Crippen LogP contribution in [-0.4, -0.2) is 70.0 Å². The van der Waals surface area contributed by atoms with Gasteiger partial charge in [0.05, 0.1) is 10.6 Å².